The molecule has 1 aliphatic rings. The van der Waals surface area contributed by atoms with Crippen LogP contribution in [0, 0.1) is 5.92 Å². The first-order chi connectivity index (χ1) is 7.25. The molecule has 1 aromatic rings. The number of hydrogen-bond donors (Lipinski definition) is 1. The largest absolute Gasteiger partial charge is 0.327 e. The van der Waals surface area contributed by atoms with Gasteiger partial charge in [0.05, 0.1) is 5.03 Å². The summed E-state index contributed by atoms with van der Waals surface area (Å²) in [6, 6.07) is 6.39. The molecule has 3 heteroatoms. The summed E-state index contributed by atoms with van der Waals surface area (Å²) in [7, 11) is 0. The van der Waals surface area contributed by atoms with Gasteiger partial charge in [0.25, 0.3) is 0 Å². The Morgan fingerprint density at radius 1 is 1.40 bits per heavy atom. The van der Waals surface area contributed by atoms with E-state index in [1.807, 2.05) is 30.1 Å². The predicted octanol–water partition coefficient (Wildman–Crippen LogP) is 2.69. The van der Waals surface area contributed by atoms with Gasteiger partial charge in [-0.25, -0.2) is 4.98 Å². The summed E-state index contributed by atoms with van der Waals surface area (Å²) >= 11 is 1.84. The van der Waals surface area contributed by atoms with Crippen molar-refractivity contribution in [3.8, 4) is 0 Å². The van der Waals surface area contributed by atoms with Crippen molar-refractivity contribution in [2.24, 2.45) is 11.7 Å². The number of pyridine rings is 1. The highest BCUT2D eigenvalue weighted by atomic mass is 32.2. The fraction of sp³-hybridized carbons (Fsp3) is 0.583. The third kappa shape index (κ3) is 2.95. The van der Waals surface area contributed by atoms with E-state index >= 15 is 0 Å². The molecule has 2 N–H and O–H groups in total. The minimum Gasteiger partial charge on any atom is -0.327 e. The first kappa shape index (κ1) is 11.0. The summed E-state index contributed by atoms with van der Waals surface area (Å²) < 4.78 is 0. The van der Waals surface area contributed by atoms with Gasteiger partial charge in [0.2, 0.25) is 0 Å². The monoisotopic (exact) mass is 222 g/mol. The van der Waals surface area contributed by atoms with E-state index in [1.165, 1.54) is 12.8 Å². The number of aromatic nitrogens is 1. The molecular formula is C12H18N2S. The Morgan fingerprint density at radius 2 is 2.27 bits per heavy atom. The van der Waals surface area contributed by atoms with Crippen LogP contribution in [0.3, 0.4) is 0 Å². The van der Waals surface area contributed by atoms with Crippen molar-refractivity contribution < 1.29 is 0 Å². The van der Waals surface area contributed by atoms with E-state index in [0.29, 0.717) is 11.3 Å². The van der Waals surface area contributed by atoms with Crippen molar-refractivity contribution in [2.75, 3.05) is 0 Å². The minimum atomic E-state index is 0.341. The van der Waals surface area contributed by atoms with Crippen molar-refractivity contribution in [3.63, 3.8) is 0 Å². The van der Waals surface area contributed by atoms with Gasteiger partial charge >= 0.3 is 0 Å². The predicted molar refractivity (Wildman–Crippen MR) is 64.9 cm³/mol. The summed E-state index contributed by atoms with van der Waals surface area (Å²) in [5, 5.41) is 1.65. The van der Waals surface area contributed by atoms with E-state index in [9.17, 15) is 0 Å². The molecule has 82 valence electrons. The highest BCUT2D eigenvalue weighted by Gasteiger charge is 2.26. The van der Waals surface area contributed by atoms with Crippen molar-refractivity contribution in [3.05, 3.63) is 24.4 Å². The van der Waals surface area contributed by atoms with Gasteiger partial charge < -0.3 is 5.73 Å². The van der Waals surface area contributed by atoms with Gasteiger partial charge in [0, 0.05) is 17.5 Å². The molecule has 1 saturated carbocycles. The molecule has 15 heavy (non-hydrogen) atoms. The summed E-state index contributed by atoms with van der Waals surface area (Å²) in [6.45, 7) is 2.32. The molecule has 0 bridgehead atoms. The Hall–Kier alpha value is -0.540. The number of hydrogen-bond acceptors (Lipinski definition) is 3. The van der Waals surface area contributed by atoms with Crippen LogP contribution in [0.15, 0.2) is 29.4 Å². The maximum Gasteiger partial charge on any atom is 0.0963 e. The van der Waals surface area contributed by atoms with E-state index in [-0.39, 0.29) is 0 Å². The van der Waals surface area contributed by atoms with Gasteiger partial charge in [-0.1, -0.05) is 13.0 Å². The van der Waals surface area contributed by atoms with Crippen LogP contribution in [0.4, 0.5) is 0 Å². The van der Waals surface area contributed by atoms with E-state index in [1.54, 1.807) is 0 Å². The number of nitrogens with zero attached hydrogens (tertiary/aromatic N) is 1. The summed E-state index contributed by atoms with van der Waals surface area (Å²) in [5.74, 6) is 0.811. The van der Waals surface area contributed by atoms with Crippen molar-refractivity contribution in [2.45, 2.75) is 42.5 Å². The lowest BCUT2D eigenvalue weighted by Gasteiger charge is -2.31. The van der Waals surface area contributed by atoms with Crippen molar-refractivity contribution in [1.29, 1.82) is 0 Å². The molecule has 2 nitrogen and oxygen atoms in total. The second kappa shape index (κ2) is 4.99. The topological polar surface area (TPSA) is 38.9 Å². The van der Waals surface area contributed by atoms with Crippen LogP contribution >= 0.6 is 11.8 Å². The van der Waals surface area contributed by atoms with Crippen LogP contribution in [0.25, 0.3) is 0 Å². The van der Waals surface area contributed by atoms with E-state index in [4.69, 9.17) is 5.73 Å². The Labute approximate surface area is 95.7 Å². The zero-order valence-corrected chi connectivity index (χ0v) is 9.91. The van der Waals surface area contributed by atoms with Crippen molar-refractivity contribution >= 4 is 11.8 Å². The van der Waals surface area contributed by atoms with E-state index in [0.717, 1.165) is 17.4 Å². The molecule has 1 aliphatic carbocycles. The minimum absolute atomic E-state index is 0.341. The average Bonchev–Trinajstić information content (AvgIpc) is 2.25. The SMILES string of the molecule is CC1CCC(N)C(Sc2ccccn2)C1. The molecule has 2 rings (SSSR count). The molecule has 0 spiro atoms. The lowest BCUT2D eigenvalue weighted by atomic mass is 9.87. The maximum atomic E-state index is 6.14. The maximum absolute atomic E-state index is 6.14. The summed E-state index contributed by atoms with van der Waals surface area (Å²) in [6.07, 6.45) is 5.51. The van der Waals surface area contributed by atoms with Crippen LogP contribution in [-0.2, 0) is 0 Å². The Morgan fingerprint density at radius 3 is 3.00 bits per heavy atom. The number of nitrogens with two attached hydrogens (primary N) is 1. The van der Waals surface area contributed by atoms with Crippen LogP contribution in [0.5, 0.6) is 0 Å². The molecule has 0 radical (unpaired) electrons. The van der Waals surface area contributed by atoms with E-state index in [2.05, 4.69) is 18.0 Å². The standard InChI is InChI=1S/C12H18N2S/c1-9-5-6-10(13)11(8-9)15-12-4-2-3-7-14-12/h2-4,7,9-11H,5-6,8,13H2,1H3. The third-order valence-electron chi connectivity index (χ3n) is 3.01. The lowest BCUT2D eigenvalue weighted by Crippen LogP contribution is -2.37. The van der Waals surface area contributed by atoms with Gasteiger partial charge in [-0.3, -0.25) is 0 Å². The molecule has 1 aromatic heterocycles. The van der Waals surface area contributed by atoms with Crippen LogP contribution in [-0.4, -0.2) is 16.3 Å². The van der Waals surface area contributed by atoms with Crippen LogP contribution in [0.2, 0.25) is 0 Å². The quantitative estimate of drug-likeness (QED) is 0.836. The highest BCUT2D eigenvalue weighted by molar-refractivity contribution is 7.99. The van der Waals surface area contributed by atoms with Gasteiger partial charge in [-0.15, -0.1) is 11.8 Å². The van der Waals surface area contributed by atoms with Crippen LogP contribution < -0.4 is 5.73 Å². The zero-order valence-electron chi connectivity index (χ0n) is 9.10. The smallest absolute Gasteiger partial charge is 0.0963 e. The molecule has 3 unspecified atom stereocenters. The normalized spacial score (nSPS) is 31.5. The highest BCUT2D eigenvalue weighted by Crippen LogP contribution is 2.34. The molecule has 1 heterocycles. The fourth-order valence-corrected chi connectivity index (χ4v) is 3.38. The molecule has 0 aromatic carbocycles. The van der Waals surface area contributed by atoms with Gasteiger partial charge in [0.1, 0.15) is 0 Å². The second-order valence-corrected chi connectivity index (χ2v) is 5.67. The van der Waals surface area contributed by atoms with Gasteiger partial charge in [-0.2, -0.15) is 0 Å². The molecule has 0 amide bonds. The Bertz CT molecular complexity index is 302. The summed E-state index contributed by atoms with van der Waals surface area (Å²) in [4.78, 5) is 4.34. The molecule has 3 atom stereocenters. The average molecular weight is 222 g/mol. The van der Waals surface area contributed by atoms with Gasteiger partial charge in [-0.05, 0) is 37.3 Å². The molecule has 0 aliphatic heterocycles. The molecular weight excluding hydrogens is 204 g/mol. The second-order valence-electron chi connectivity index (χ2n) is 4.41. The Kier molecular flexibility index (Phi) is 3.65. The zero-order chi connectivity index (χ0) is 10.7. The van der Waals surface area contributed by atoms with Gasteiger partial charge in [0.15, 0.2) is 0 Å². The number of thioether (sulfide) groups is 1. The molecule has 1 fully saturated rings. The third-order valence-corrected chi connectivity index (χ3v) is 4.34. The molecule has 0 saturated heterocycles. The summed E-state index contributed by atoms with van der Waals surface area (Å²) in [5.41, 5.74) is 6.14. The van der Waals surface area contributed by atoms with E-state index < -0.39 is 0 Å². The first-order valence-electron chi connectivity index (χ1n) is 5.59. The van der Waals surface area contributed by atoms with Crippen LogP contribution in [0.1, 0.15) is 26.2 Å². The number of rotatable bonds is 2. The Balaban J connectivity index is 1.98. The van der Waals surface area contributed by atoms with Crippen molar-refractivity contribution in [1.82, 2.24) is 4.98 Å². The lowest BCUT2D eigenvalue weighted by molar-refractivity contribution is 0.357. The first-order valence-corrected chi connectivity index (χ1v) is 6.47. The fourth-order valence-electron chi connectivity index (χ4n) is 2.06.